The second-order valence-corrected chi connectivity index (χ2v) is 6.92. The van der Waals surface area contributed by atoms with Crippen molar-refractivity contribution in [3.05, 3.63) is 63.2 Å². The minimum atomic E-state index is -0.507. The Kier molecular flexibility index (Phi) is 3.99. The monoisotopic (exact) mass is 375 g/mol. The van der Waals surface area contributed by atoms with Gasteiger partial charge >= 0.3 is 5.69 Å². The minimum Gasteiger partial charge on any atom is -0.349 e. The van der Waals surface area contributed by atoms with Crippen molar-refractivity contribution in [2.75, 3.05) is 11.4 Å². The van der Waals surface area contributed by atoms with Crippen molar-refractivity contribution in [2.24, 2.45) is 5.92 Å². The van der Waals surface area contributed by atoms with E-state index in [0.29, 0.717) is 28.9 Å². The smallest absolute Gasteiger partial charge is 0.333 e. The van der Waals surface area contributed by atoms with Crippen molar-refractivity contribution in [3.63, 3.8) is 0 Å². The maximum Gasteiger partial charge on any atom is 0.333 e. The van der Waals surface area contributed by atoms with Gasteiger partial charge in [-0.3, -0.25) is 10.1 Å². The Labute approximate surface area is 153 Å². The lowest BCUT2D eigenvalue weighted by molar-refractivity contribution is -0.383. The van der Waals surface area contributed by atoms with Crippen LogP contribution in [0.15, 0.2) is 36.7 Å². The van der Waals surface area contributed by atoms with Crippen LogP contribution in [0.25, 0.3) is 5.65 Å². The SMILES string of the molecule is C[C@@H]1CC(c2cc(F)ccc2Cl)N(c2ccn3ncc([N+](=O)[O-])c3n2)C1. The summed E-state index contributed by atoms with van der Waals surface area (Å²) in [4.78, 5) is 17.1. The van der Waals surface area contributed by atoms with Crippen molar-refractivity contribution in [3.8, 4) is 0 Å². The Morgan fingerprint density at radius 1 is 1.38 bits per heavy atom. The molecule has 134 valence electrons. The van der Waals surface area contributed by atoms with Gasteiger partial charge in [-0.2, -0.15) is 5.10 Å². The van der Waals surface area contributed by atoms with Gasteiger partial charge in [0.25, 0.3) is 0 Å². The summed E-state index contributed by atoms with van der Waals surface area (Å²) in [6.07, 6.45) is 3.61. The van der Waals surface area contributed by atoms with Gasteiger partial charge in [-0.25, -0.2) is 13.9 Å². The first-order chi connectivity index (χ1) is 12.4. The number of nitrogens with zero attached hydrogens (tertiary/aromatic N) is 5. The number of fused-ring (bicyclic) bond motifs is 1. The van der Waals surface area contributed by atoms with E-state index >= 15 is 0 Å². The number of anilines is 1. The molecular formula is C17H15ClFN5O2. The Balaban J connectivity index is 1.80. The second-order valence-electron chi connectivity index (χ2n) is 6.52. The third-order valence-electron chi connectivity index (χ3n) is 4.65. The highest BCUT2D eigenvalue weighted by molar-refractivity contribution is 6.31. The Bertz CT molecular complexity index is 1010. The van der Waals surface area contributed by atoms with Crippen LogP contribution in [0.5, 0.6) is 0 Å². The molecule has 1 fully saturated rings. The standard InChI is InChI=1S/C17H15ClFN5O2/c1-10-6-14(12-7-11(19)2-3-13(12)18)22(9-10)16-4-5-23-17(21-16)15(8-20-23)24(25)26/h2-5,7-8,10,14H,6,9H2,1H3/t10-,14?/m1/s1. The fourth-order valence-electron chi connectivity index (χ4n) is 3.50. The fraction of sp³-hybridized carbons (Fsp3) is 0.294. The van der Waals surface area contributed by atoms with E-state index in [1.165, 1.54) is 22.8 Å². The van der Waals surface area contributed by atoms with Crippen LogP contribution in [-0.2, 0) is 0 Å². The maximum absolute atomic E-state index is 13.8. The van der Waals surface area contributed by atoms with Crippen LogP contribution in [0.2, 0.25) is 5.02 Å². The van der Waals surface area contributed by atoms with E-state index < -0.39 is 4.92 Å². The number of hydrogen-bond acceptors (Lipinski definition) is 5. The molecule has 0 N–H and O–H groups in total. The van der Waals surface area contributed by atoms with Gasteiger partial charge in [-0.15, -0.1) is 0 Å². The van der Waals surface area contributed by atoms with Crippen LogP contribution in [0.4, 0.5) is 15.9 Å². The zero-order valence-electron chi connectivity index (χ0n) is 13.8. The van der Waals surface area contributed by atoms with E-state index in [0.717, 1.165) is 6.42 Å². The molecule has 2 aromatic heterocycles. The van der Waals surface area contributed by atoms with Crippen molar-refractivity contribution < 1.29 is 9.31 Å². The molecule has 0 saturated carbocycles. The first kappa shape index (κ1) is 16.7. The average molecular weight is 376 g/mol. The Morgan fingerprint density at radius 3 is 2.96 bits per heavy atom. The van der Waals surface area contributed by atoms with Gasteiger partial charge in [0.2, 0.25) is 5.65 Å². The van der Waals surface area contributed by atoms with Crippen LogP contribution in [0.3, 0.4) is 0 Å². The molecule has 1 aliphatic heterocycles. The number of aromatic nitrogens is 3. The van der Waals surface area contributed by atoms with Gasteiger partial charge in [-0.05, 0) is 42.2 Å². The molecule has 1 aliphatic rings. The normalized spacial score (nSPS) is 20.0. The van der Waals surface area contributed by atoms with Crippen molar-refractivity contribution in [1.82, 2.24) is 14.6 Å². The van der Waals surface area contributed by atoms with Crippen molar-refractivity contribution in [1.29, 1.82) is 0 Å². The second kappa shape index (κ2) is 6.21. The Morgan fingerprint density at radius 2 is 2.19 bits per heavy atom. The third-order valence-corrected chi connectivity index (χ3v) is 5.00. The molecule has 0 spiro atoms. The minimum absolute atomic E-state index is 0.148. The Hall–Kier alpha value is -2.74. The molecule has 26 heavy (non-hydrogen) atoms. The van der Waals surface area contributed by atoms with Gasteiger partial charge in [0.15, 0.2) is 0 Å². The highest BCUT2D eigenvalue weighted by Gasteiger charge is 2.33. The molecule has 0 bridgehead atoms. The van der Waals surface area contributed by atoms with Gasteiger partial charge in [-0.1, -0.05) is 18.5 Å². The molecule has 3 heterocycles. The predicted octanol–water partition coefficient (Wildman–Crippen LogP) is 4.02. The number of benzene rings is 1. The summed E-state index contributed by atoms with van der Waals surface area (Å²) in [5.74, 6) is 0.576. The summed E-state index contributed by atoms with van der Waals surface area (Å²) < 4.78 is 15.1. The van der Waals surface area contributed by atoms with Gasteiger partial charge < -0.3 is 4.90 Å². The summed E-state index contributed by atoms with van der Waals surface area (Å²) in [5, 5.41) is 15.6. The molecule has 1 saturated heterocycles. The highest BCUT2D eigenvalue weighted by Crippen LogP contribution is 2.41. The van der Waals surface area contributed by atoms with Crippen LogP contribution < -0.4 is 4.90 Å². The predicted molar refractivity (Wildman–Crippen MR) is 94.9 cm³/mol. The fourth-order valence-corrected chi connectivity index (χ4v) is 3.74. The molecule has 0 aliphatic carbocycles. The quantitative estimate of drug-likeness (QED) is 0.510. The summed E-state index contributed by atoms with van der Waals surface area (Å²) in [6.45, 7) is 2.79. The largest absolute Gasteiger partial charge is 0.349 e. The van der Waals surface area contributed by atoms with E-state index in [2.05, 4.69) is 17.0 Å². The summed E-state index contributed by atoms with van der Waals surface area (Å²) >= 11 is 6.30. The van der Waals surface area contributed by atoms with Gasteiger partial charge in [0, 0.05) is 17.8 Å². The molecule has 4 rings (SSSR count). The van der Waals surface area contributed by atoms with Crippen molar-refractivity contribution >= 4 is 28.8 Å². The first-order valence-corrected chi connectivity index (χ1v) is 8.52. The van der Waals surface area contributed by atoms with E-state index in [4.69, 9.17) is 11.6 Å². The van der Waals surface area contributed by atoms with E-state index in [-0.39, 0.29) is 23.2 Å². The first-order valence-electron chi connectivity index (χ1n) is 8.14. The maximum atomic E-state index is 13.8. The van der Waals surface area contributed by atoms with Crippen LogP contribution in [0.1, 0.15) is 24.9 Å². The van der Waals surface area contributed by atoms with Gasteiger partial charge in [0.05, 0.1) is 11.0 Å². The topological polar surface area (TPSA) is 76.6 Å². The molecule has 0 amide bonds. The molecule has 3 aromatic rings. The molecular weight excluding hydrogens is 361 g/mol. The van der Waals surface area contributed by atoms with E-state index in [9.17, 15) is 14.5 Å². The number of hydrogen-bond donors (Lipinski definition) is 0. The zero-order valence-corrected chi connectivity index (χ0v) is 14.6. The van der Waals surface area contributed by atoms with E-state index in [1.807, 2.05) is 4.90 Å². The van der Waals surface area contributed by atoms with Crippen LogP contribution in [-0.4, -0.2) is 26.1 Å². The average Bonchev–Trinajstić information content (AvgIpc) is 3.19. The van der Waals surface area contributed by atoms with Crippen molar-refractivity contribution in [2.45, 2.75) is 19.4 Å². The molecule has 2 atom stereocenters. The highest BCUT2D eigenvalue weighted by atomic mass is 35.5. The lowest BCUT2D eigenvalue weighted by Crippen LogP contribution is -2.24. The number of rotatable bonds is 3. The summed E-state index contributed by atoms with van der Waals surface area (Å²) in [7, 11) is 0. The zero-order chi connectivity index (χ0) is 18.4. The molecule has 1 unspecified atom stereocenters. The number of nitro groups is 1. The lowest BCUT2D eigenvalue weighted by atomic mass is 10.0. The number of halogens is 2. The lowest BCUT2D eigenvalue weighted by Gasteiger charge is -2.26. The van der Waals surface area contributed by atoms with E-state index in [1.54, 1.807) is 18.3 Å². The van der Waals surface area contributed by atoms with Crippen LogP contribution in [0, 0.1) is 21.8 Å². The summed E-state index contributed by atoms with van der Waals surface area (Å²) in [6, 6.07) is 5.92. The molecule has 7 nitrogen and oxygen atoms in total. The summed E-state index contributed by atoms with van der Waals surface area (Å²) in [5.41, 5.74) is 0.719. The molecule has 0 radical (unpaired) electrons. The molecule has 9 heteroatoms. The van der Waals surface area contributed by atoms with Gasteiger partial charge in [0.1, 0.15) is 17.8 Å². The third kappa shape index (κ3) is 2.76. The molecule has 1 aromatic carbocycles. The van der Waals surface area contributed by atoms with Crippen LogP contribution >= 0.6 is 11.6 Å².